The molecule has 1 nitrogen and oxygen atoms in total. The quantitative estimate of drug-likeness (QED) is 0.776. The summed E-state index contributed by atoms with van der Waals surface area (Å²) in [7, 11) is 0. The topological polar surface area (TPSA) is 12.0 Å². The fraction of sp³-hybridized carbons (Fsp3) is 0.412. The lowest BCUT2D eigenvalue weighted by molar-refractivity contribution is 0.553. The Morgan fingerprint density at radius 2 is 1.90 bits per heavy atom. The Balaban J connectivity index is 2.24. The molecule has 1 N–H and O–H groups in total. The van der Waals surface area contributed by atoms with E-state index in [2.05, 4.69) is 56.4 Å². The molecule has 0 saturated carbocycles. The van der Waals surface area contributed by atoms with Gasteiger partial charge in [-0.2, -0.15) is 0 Å². The minimum atomic E-state index is 0.288. The highest BCUT2D eigenvalue weighted by Crippen LogP contribution is 2.30. The molecule has 2 rings (SSSR count). The summed E-state index contributed by atoms with van der Waals surface area (Å²) in [5, 5.41) is 4.46. The van der Waals surface area contributed by atoms with Gasteiger partial charge in [0.05, 0.1) is 0 Å². The summed E-state index contributed by atoms with van der Waals surface area (Å²) in [6.07, 6.45) is 2.11. The van der Waals surface area contributed by atoms with E-state index >= 15 is 0 Å². The molecule has 0 aliphatic carbocycles. The Morgan fingerprint density at radius 1 is 1.15 bits per heavy atom. The van der Waals surface area contributed by atoms with Crippen LogP contribution in [0.3, 0.4) is 0 Å². The molecule has 3 heteroatoms. The Labute approximate surface area is 131 Å². The highest BCUT2D eigenvalue weighted by molar-refractivity contribution is 7.11. The van der Waals surface area contributed by atoms with Gasteiger partial charge in [0.2, 0.25) is 0 Å². The maximum atomic E-state index is 6.49. The average Bonchev–Trinajstić information content (AvgIpc) is 2.89. The number of aryl methyl sites for hydroxylation is 2. The van der Waals surface area contributed by atoms with Crippen molar-refractivity contribution in [1.82, 2.24) is 5.32 Å². The number of halogens is 1. The zero-order chi connectivity index (χ0) is 14.5. The van der Waals surface area contributed by atoms with E-state index in [1.165, 1.54) is 15.3 Å². The van der Waals surface area contributed by atoms with E-state index in [0.717, 1.165) is 30.0 Å². The third kappa shape index (κ3) is 3.63. The SMILES string of the molecule is CCNC(Cc1ccc(CC)s1)c1cccc(C)c1Cl. The van der Waals surface area contributed by atoms with E-state index < -0.39 is 0 Å². The van der Waals surface area contributed by atoms with Crippen LogP contribution in [-0.4, -0.2) is 6.54 Å². The molecule has 1 aromatic carbocycles. The van der Waals surface area contributed by atoms with Crippen LogP contribution >= 0.6 is 22.9 Å². The van der Waals surface area contributed by atoms with E-state index in [9.17, 15) is 0 Å². The van der Waals surface area contributed by atoms with Crippen LogP contribution in [0.5, 0.6) is 0 Å². The summed E-state index contributed by atoms with van der Waals surface area (Å²) < 4.78 is 0. The molecule has 1 unspecified atom stereocenters. The summed E-state index contributed by atoms with van der Waals surface area (Å²) in [4.78, 5) is 2.87. The third-order valence-corrected chi connectivity index (χ3v) is 5.29. The molecule has 0 amide bonds. The lowest BCUT2D eigenvalue weighted by Gasteiger charge is -2.20. The maximum absolute atomic E-state index is 6.49. The van der Waals surface area contributed by atoms with E-state index in [-0.39, 0.29) is 6.04 Å². The van der Waals surface area contributed by atoms with E-state index in [1.54, 1.807) is 0 Å². The molecular weight excluding hydrogens is 286 g/mol. The molecule has 108 valence electrons. The van der Waals surface area contributed by atoms with Crippen LogP contribution in [-0.2, 0) is 12.8 Å². The molecular formula is C17H22ClNS. The number of likely N-dealkylation sites (N-methyl/N-ethyl adjacent to an activating group) is 1. The van der Waals surface area contributed by atoms with Gasteiger partial charge in [0.25, 0.3) is 0 Å². The lowest BCUT2D eigenvalue weighted by atomic mass is 10.0. The first-order chi connectivity index (χ1) is 9.65. The number of nitrogens with one attached hydrogen (secondary N) is 1. The van der Waals surface area contributed by atoms with E-state index in [0.29, 0.717) is 0 Å². The van der Waals surface area contributed by atoms with Gasteiger partial charge in [0.15, 0.2) is 0 Å². The van der Waals surface area contributed by atoms with Crippen molar-refractivity contribution in [3.05, 3.63) is 56.2 Å². The van der Waals surface area contributed by atoms with Gasteiger partial charge in [-0.25, -0.2) is 0 Å². The number of benzene rings is 1. The first-order valence-corrected chi connectivity index (χ1v) is 8.41. The summed E-state index contributed by atoms with van der Waals surface area (Å²) in [5.41, 5.74) is 2.35. The standard InChI is InChI=1S/C17H22ClNS/c1-4-13-9-10-14(20-13)11-16(19-5-2)15-8-6-7-12(3)17(15)18/h6-10,16,19H,4-5,11H2,1-3H3. The van der Waals surface area contributed by atoms with Crippen LogP contribution < -0.4 is 5.32 Å². The van der Waals surface area contributed by atoms with E-state index in [4.69, 9.17) is 11.6 Å². The lowest BCUT2D eigenvalue weighted by Crippen LogP contribution is -2.23. The van der Waals surface area contributed by atoms with Gasteiger partial charge < -0.3 is 5.32 Å². The summed E-state index contributed by atoms with van der Waals surface area (Å²) in [6, 6.07) is 11.1. The highest BCUT2D eigenvalue weighted by Gasteiger charge is 2.16. The van der Waals surface area contributed by atoms with Crippen molar-refractivity contribution in [1.29, 1.82) is 0 Å². The molecule has 20 heavy (non-hydrogen) atoms. The number of hydrogen-bond acceptors (Lipinski definition) is 2. The molecule has 0 bridgehead atoms. The second-order valence-electron chi connectivity index (χ2n) is 5.01. The summed E-state index contributed by atoms with van der Waals surface area (Å²) >= 11 is 8.39. The second kappa shape index (κ2) is 7.26. The van der Waals surface area contributed by atoms with Crippen LogP contribution in [0.2, 0.25) is 5.02 Å². The average molecular weight is 308 g/mol. The molecule has 0 fully saturated rings. The monoisotopic (exact) mass is 307 g/mol. The zero-order valence-electron chi connectivity index (χ0n) is 12.4. The fourth-order valence-corrected chi connectivity index (χ4v) is 3.66. The minimum absolute atomic E-state index is 0.288. The van der Waals surface area contributed by atoms with Gasteiger partial charge in [-0.05, 0) is 43.1 Å². The summed E-state index contributed by atoms with van der Waals surface area (Å²) in [5.74, 6) is 0. The van der Waals surface area contributed by atoms with Gasteiger partial charge in [-0.15, -0.1) is 11.3 Å². The van der Waals surface area contributed by atoms with Crippen molar-refractivity contribution < 1.29 is 0 Å². The largest absolute Gasteiger partial charge is 0.310 e. The molecule has 0 saturated heterocycles. The molecule has 0 aliphatic heterocycles. The minimum Gasteiger partial charge on any atom is -0.310 e. The van der Waals surface area contributed by atoms with Crippen LogP contribution in [0.25, 0.3) is 0 Å². The third-order valence-electron chi connectivity index (χ3n) is 3.52. The van der Waals surface area contributed by atoms with Crippen LogP contribution in [0, 0.1) is 6.92 Å². The molecule has 0 aliphatic rings. The van der Waals surface area contributed by atoms with Crippen LogP contribution in [0.4, 0.5) is 0 Å². The van der Waals surface area contributed by atoms with Gasteiger partial charge in [0, 0.05) is 27.2 Å². The second-order valence-corrected chi connectivity index (χ2v) is 6.64. The number of thiophene rings is 1. The van der Waals surface area contributed by atoms with Gasteiger partial charge >= 0.3 is 0 Å². The van der Waals surface area contributed by atoms with Gasteiger partial charge in [0.1, 0.15) is 0 Å². The predicted octanol–water partition coefficient (Wildman–Crippen LogP) is 5.17. The number of rotatable bonds is 6. The van der Waals surface area contributed by atoms with Crippen LogP contribution in [0.15, 0.2) is 30.3 Å². The summed E-state index contributed by atoms with van der Waals surface area (Å²) in [6.45, 7) is 7.35. The maximum Gasteiger partial charge on any atom is 0.0483 e. The molecule has 0 spiro atoms. The fourth-order valence-electron chi connectivity index (χ4n) is 2.40. The van der Waals surface area contributed by atoms with Crippen molar-refractivity contribution in [2.75, 3.05) is 6.54 Å². The van der Waals surface area contributed by atoms with Crippen LogP contribution in [0.1, 0.15) is 40.8 Å². The molecule has 2 aromatic rings. The Bertz CT molecular complexity index is 562. The zero-order valence-corrected chi connectivity index (χ0v) is 13.9. The smallest absolute Gasteiger partial charge is 0.0483 e. The van der Waals surface area contributed by atoms with Crippen molar-refractivity contribution in [2.24, 2.45) is 0 Å². The Hall–Kier alpha value is -0.830. The van der Waals surface area contributed by atoms with Crippen molar-refractivity contribution in [3.63, 3.8) is 0 Å². The molecule has 1 atom stereocenters. The molecule has 0 radical (unpaired) electrons. The van der Waals surface area contributed by atoms with Crippen molar-refractivity contribution >= 4 is 22.9 Å². The molecule has 1 aromatic heterocycles. The van der Waals surface area contributed by atoms with E-state index in [1.807, 2.05) is 11.3 Å². The normalized spacial score (nSPS) is 12.6. The molecule has 1 heterocycles. The van der Waals surface area contributed by atoms with Crippen molar-refractivity contribution in [3.8, 4) is 0 Å². The number of hydrogen-bond donors (Lipinski definition) is 1. The van der Waals surface area contributed by atoms with Gasteiger partial charge in [-0.3, -0.25) is 0 Å². The highest BCUT2D eigenvalue weighted by atomic mass is 35.5. The van der Waals surface area contributed by atoms with Crippen molar-refractivity contribution in [2.45, 2.75) is 39.7 Å². The first kappa shape index (κ1) is 15.6. The Morgan fingerprint density at radius 3 is 2.55 bits per heavy atom. The Kier molecular flexibility index (Phi) is 5.64. The first-order valence-electron chi connectivity index (χ1n) is 7.21. The van der Waals surface area contributed by atoms with Gasteiger partial charge in [-0.1, -0.05) is 43.6 Å². The predicted molar refractivity (Wildman–Crippen MR) is 90.0 cm³/mol.